The maximum atomic E-state index is 12.5. The lowest BCUT2D eigenvalue weighted by molar-refractivity contribution is -0.130. The Hall–Kier alpha value is -2.40. The van der Waals surface area contributed by atoms with Crippen LogP contribution < -0.4 is 0 Å². The highest BCUT2D eigenvalue weighted by atomic mass is 16.3. The third-order valence-corrected chi connectivity index (χ3v) is 5.37. The molecule has 4 rings (SSSR count). The van der Waals surface area contributed by atoms with Gasteiger partial charge in [-0.25, -0.2) is 0 Å². The predicted octanol–water partition coefficient (Wildman–Crippen LogP) is 2.06. The summed E-state index contributed by atoms with van der Waals surface area (Å²) in [5.74, 6) is 1.17. The molecule has 0 radical (unpaired) electrons. The molecule has 3 heterocycles. The summed E-state index contributed by atoms with van der Waals surface area (Å²) in [5.41, 5.74) is 2.32. The van der Waals surface area contributed by atoms with Gasteiger partial charge in [-0.15, -0.1) is 0 Å². The van der Waals surface area contributed by atoms with E-state index in [1.54, 1.807) is 18.3 Å². The number of benzene rings is 1. The van der Waals surface area contributed by atoms with Gasteiger partial charge in [-0.2, -0.15) is 0 Å². The van der Waals surface area contributed by atoms with Crippen molar-refractivity contribution in [3.8, 4) is 5.75 Å². The van der Waals surface area contributed by atoms with Gasteiger partial charge < -0.3 is 10.0 Å². The molecule has 0 aliphatic carbocycles. The number of pyridine rings is 1. The van der Waals surface area contributed by atoms with Crippen LogP contribution in [0.15, 0.2) is 48.8 Å². The lowest BCUT2D eigenvalue weighted by atomic mass is 9.91. The monoisotopic (exact) mass is 337 g/mol. The van der Waals surface area contributed by atoms with E-state index in [-0.39, 0.29) is 5.91 Å². The van der Waals surface area contributed by atoms with E-state index in [1.807, 2.05) is 35.4 Å². The Balaban J connectivity index is 1.28. The van der Waals surface area contributed by atoms with E-state index in [1.165, 1.54) is 5.56 Å². The molecule has 2 aliphatic rings. The number of hydrogen-bond acceptors (Lipinski definition) is 4. The van der Waals surface area contributed by atoms with Gasteiger partial charge in [-0.3, -0.25) is 14.7 Å². The number of rotatable bonds is 5. The standard InChI is InChI=1S/C20H23N3O2/c24-18-6-3-16(4-7-18)11-22-12-17-13-23(14-19(17)22)20(25)8-5-15-2-1-9-21-10-15/h1-4,6-7,9-10,17,19,24H,5,8,11-14H2/t17-,19-/m0/s1. The molecule has 2 fully saturated rings. The van der Waals surface area contributed by atoms with Gasteiger partial charge in [-0.05, 0) is 35.7 Å². The van der Waals surface area contributed by atoms with Crippen molar-refractivity contribution in [2.75, 3.05) is 19.6 Å². The maximum Gasteiger partial charge on any atom is 0.222 e. The average molecular weight is 337 g/mol. The second-order valence-corrected chi connectivity index (χ2v) is 7.08. The van der Waals surface area contributed by atoms with Gasteiger partial charge in [0.2, 0.25) is 5.91 Å². The van der Waals surface area contributed by atoms with Crippen molar-refractivity contribution < 1.29 is 9.90 Å². The number of nitrogens with zero attached hydrogens (tertiary/aromatic N) is 3. The summed E-state index contributed by atoms with van der Waals surface area (Å²) in [7, 11) is 0. The SMILES string of the molecule is O=C(CCc1cccnc1)N1C[C@@H]2CN(Cc3ccc(O)cc3)[C@H]2C1. The molecule has 1 aromatic carbocycles. The molecule has 0 saturated carbocycles. The zero-order valence-corrected chi connectivity index (χ0v) is 14.2. The molecule has 0 spiro atoms. The fourth-order valence-electron chi connectivity index (χ4n) is 3.92. The number of hydrogen-bond donors (Lipinski definition) is 1. The Labute approximate surface area is 147 Å². The van der Waals surface area contributed by atoms with Crippen LogP contribution in [0.4, 0.5) is 0 Å². The van der Waals surface area contributed by atoms with Crippen LogP contribution in [0, 0.1) is 5.92 Å². The number of aromatic nitrogens is 1. The van der Waals surface area contributed by atoms with Gasteiger partial charge in [0.15, 0.2) is 0 Å². The normalized spacial score (nSPS) is 22.5. The van der Waals surface area contributed by atoms with Gasteiger partial charge in [-0.1, -0.05) is 18.2 Å². The van der Waals surface area contributed by atoms with Crippen LogP contribution in [0.25, 0.3) is 0 Å². The highest BCUT2D eigenvalue weighted by molar-refractivity contribution is 5.77. The number of amides is 1. The van der Waals surface area contributed by atoms with E-state index in [9.17, 15) is 9.90 Å². The van der Waals surface area contributed by atoms with Crippen molar-refractivity contribution in [3.05, 3.63) is 59.9 Å². The molecule has 1 amide bonds. The number of carbonyl (C=O) groups excluding carboxylic acids is 1. The smallest absolute Gasteiger partial charge is 0.222 e. The second-order valence-electron chi connectivity index (χ2n) is 7.08. The first-order valence-electron chi connectivity index (χ1n) is 8.87. The summed E-state index contributed by atoms with van der Waals surface area (Å²) in [6.07, 6.45) is 4.91. The summed E-state index contributed by atoms with van der Waals surface area (Å²) >= 11 is 0. The summed E-state index contributed by atoms with van der Waals surface area (Å²) in [5, 5.41) is 9.38. The van der Waals surface area contributed by atoms with Crippen LogP contribution in [0.5, 0.6) is 5.75 Å². The first-order chi connectivity index (χ1) is 12.2. The maximum absolute atomic E-state index is 12.5. The van der Waals surface area contributed by atoms with E-state index in [0.29, 0.717) is 24.1 Å². The minimum Gasteiger partial charge on any atom is -0.508 e. The summed E-state index contributed by atoms with van der Waals surface area (Å²) < 4.78 is 0. The van der Waals surface area contributed by atoms with Gasteiger partial charge in [0.05, 0.1) is 0 Å². The minimum atomic E-state index is 0.253. The fourth-order valence-corrected chi connectivity index (χ4v) is 3.92. The lowest BCUT2D eigenvalue weighted by Gasteiger charge is -2.43. The molecule has 2 saturated heterocycles. The minimum absolute atomic E-state index is 0.253. The lowest BCUT2D eigenvalue weighted by Crippen LogP contribution is -2.54. The van der Waals surface area contributed by atoms with Gasteiger partial charge in [0.25, 0.3) is 0 Å². The van der Waals surface area contributed by atoms with E-state index < -0.39 is 0 Å². The number of phenols is 1. The second kappa shape index (κ2) is 6.84. The van der Waals surface area contributed by atoms with Crippen LogP contribution in [-0.4, -0.2) is 51.5 Å². The van der Waals surface area contributed by atoms with Crippen molar-refractivity contribution in [2.45, 2.75) is 25.4 Å². The molecule has 1 N–H and O–H groups in total. The third kappa shape index (κ3) is 3.51. The number of aryl methyl sites for hydroxylation is 1. The first kappa shape index (κ1) is 16.1. The summed E-state index contributed by atoms with van der Waals surface area (Å²) in [6, 6.07) is 11.8. The predicted molar refractivity (Wildman–Crippen MR) is 94.9 cm³/mol. The molecule has 5 heteroatoms. The number of aromatic hydroxyl groups is 1. The Morgan fingerprint density at radius 2 is 1.96 bits per heavy atom. The van der Waals surface area contributed by atoms with E-state index in [2.05, 4.69) is 9.88 Å². The molecule has 130 valence electrons. The Bertz CT molecular complexity index is 732. The highest BCUT2D eigenvalue weighted by Gasteiger charge is 2.46. The van der Waals surface area contributed by atoms with Gasteiger partial charge in [0.1, 0.15) is 5.75 Å². The zero-order valence-electron chi connectivity index (χ0n) is 14.2. The Kier molecular flexibility index (Phi) is 4.40. The molecular weight excluding hydrogens is 314 g/mol. The Morgan fingerprint density at radius 1 is 1.12 bits per heavy atom. The molecule has 0 unspecified atom stereocenters. The summed E-state index contributed by atoms with van der Waals surface area (Å²) in [4.78, 5) is 21.1. The third-order valence-electron chi connectivity index (χ3n) is 5.37. The zero-order chi connectivity index (χ0) is 17.2. The van der Waals surface area contributed by atoms with Crippen molar-refractivity contribution in [1.82, 2.24) is 14.8 Å². The van der Waals surface area contributed by atoms with E-state index >= 15 is 0 Å². The molecular formula is C20H23N3O2. The molecule has 0 bridgehead atoms. The van der Waals surface area contributed by atoms with Crippen molar-refractivity contribution in [1.29, 1.82) is 0 Å². The number of phenolic OH excluding ortho intramolecular Hbond substituents is 1. The molecule has 25 heavy (non-hydrogen) atoms. The van der Waals surface area contributed by atoms with Crippen molar-refractivity contribution in [3.63, 3.8) is 0 Å². The van der Waals surface area contributed by atoms with Crippen molar-refractivity contribution >= 4 is 5.91 Å². The molecule has 5 nitrogen and oxygen atoms in total. The number of fused-ring (bicyclic) bond motifs is 1. The van der Waals surface area contributed by atoms with Crippen LogP contribution in [0.3, 0.4) is 0 Å². The van der Waals surface area contributed by atoms with Gasteiger partial charge in [0, 0.05) is 57.0 Å². The largest absolute Gasteiger partial charge is 0.508 e. The average Bonchev–Trinajstić information content (AvgIpc) is 2.97. The summed E-state index contributed by atoms with van der Waals surface area (Å²) in [6.45, 7) is 3.67. The fraction of sp³-hybridized carbons (Fsp3) is 0.400. The van der Waals surface area contributed by atoms with Crippen LogP contribution in [0.2, 0.25) is 0 Å². The number of likely N-dealkylation sites (tertiary alicyclic amines) is 2. The highest BCUT2D eigenvalue weighted by Crippen LogP contribution is 2.34. The molecule has 1 aromatic heterocycles. The quantitative estimate of drug-likeness (QED) is 0.907. The molecule has 2 aliphatic heterocycles. The molecule has 2 atom stereocenters. The van der Waals surface area contributed by atoms with E-state index in [0.717, 1.165) is 38.2 Å². The van der Waals surface area contributed by atoms with Crippen LogP contribution >= 0.6 is 0 Å². The van der Waals surface area contributed by atoms with E-state index in [4.69, 9.17) is 0 Å². The van der Waals surface area contributed by atoms with Crippen molar-refractivity contribution in [2.24, 2.45) is 5.92 Å². The number of carbonyl (C=O) groups is 1. The van der Waals surface area contributed by atoms with Crippen LogP contribution in [0.1, 0.15) is 17.5 Å². The van der Waals surface area contributed by atoms with Gasteiger partial charge >= 0.3 is 0 Å². The molecule has 2 aromatic rings. The van der Waals surface area contributed by atoms with Crippen LogP contribution in [-0.2, 0) is 17.8 Å². The first-order valence-corrected chi connectivity index (χ1v) is 8.87. The topological polar surface area (TPSA) is 56.7 Å². The Morgan fingerprint density at radius 3 is 2.72 bits per heavy atom.